The van der Waals surface area contributed by atoms with Crippen molar-refractivity contribution in [2.45, 2.75) is 25.4 Å². The fourth-order valence-corrected chi connectivity index (χ4v) is 0.853. The highest BCUT2D eigenvalue weighted by atomic mass is 19.2. The van der Waals surface area contributed by atoms with Gasteiger partial charge >= 0.3 is 0 Å². The topological polar surface area (TPSA) is 0 Å². The van der Waals surface area contributed by atoms with Gasteiger partial charge in [-0.3, -0.25) is 0 Å². The van der Waals surface area contributed by atoms with Crippen LogP contribution in [0.2, 0.25) is 0 Å². The van der Waals surface area contributed by atoms with Crippen molar-refractivity contribution < 1.29 is 13.2 Å². The van der Waals surface area contributed by atoms with E-state index in [0.29, 0.717) is 6.42 Å². The van der Waals surface area contributed by atoms with Crippen LogP contribution in [-0.4, -0.2) is 6.17 Å². The first kappa shape index (κ1) is 6.65. The second-order valence-electron chi connectivity index (χ2n) is 2.11. The third-order valence-electron chi connectivity index (χ3n) is 1.39. The molecule has 0 spiro atoms. The Balaban J connectivity index is 2.72. The van der Waals surface area contributed by atoms with Gasteiger partial charge in [0.25, 0.3) is 0 Å². The minimum Gasteiger partial charge on any atom is -0.240 e. The number of hydrogen-bond donors (Lipinski definition) is 0. The first-order valence-electron chi connectivity index (χ1n) is 2.90. The molecule has 1 unspecified atom stereocenters. The van der Waals surface area contributed by atoms with Gasteiger partial charge in [-0.05, 0) is 12.8 Å². The SMILES string of the molecule is FC1=C(F)C(F)CCC1. The molecule has 0 aromatic rings. The number of hydrogen-bond acceptors (Lipinski definition) is 0. The highest BCUT2D eigenvalue weighted by molar-refractivity contribution is 5.08. The molecule has 0 aromatic heterocycles. The Morgan fingerprint density at radius 3 is 2.44 bits per heavy atom. The zero-order valence-corrected chi connectivity index (χ0v) is 4.83. The Bertz CT molecular complexity index is 139. The molecule has 1 rings (SSSR count). The van der Waals surface area contributed by atoms with Crippen LogP contribution in [0.1, 0.15) is 19.3 Å². The fourth-order valence-electron chi connectivity index (χ4n) is 0.853. The first-order chi connectivity index (χ1) is 4.22. The Kier molecular flexibility index (Phi) is 1.78. The average molecular weight is 136 g/mol. The van der Waals surface area contributed by atoms with Crippen molar-refractivity contribution in [3.8, 4) is 0 Å². The molecule has 0 amide bonds. The van der Waals surface area contributed by atoms with Gasteiger partial charge in [0, 0.05) is 6.42 Å². The Labute approximate surface area is 51.4 Å². The summed E-state index contributed by atoms with van der Waals surface area (Å²) in [5.74, 6) is -2.10. The molecule has 0 aromatic carbocycles. The van der Waals surface area contributed by atoms with Crippen molar-refractivity contribution in [2.75, 3.05) is 0 Å². The maximum atomic E-state index is 12.2. The van der Waals surface area contributed by atoms with Crippen LogP contribution in [-0.2, 0) is 0 Å². The van der Waals surface area contributed by atoms with E-state index in [0.717, 1.165) is 0 Å². The van der Waals surface area contributed by atoms with Gasteiger partial charge in [0.15, 0.2) is 12.0 Å². The molecule has 1 aliphatic rings. The fraction of sp³-hybridized carbons (Fsp3) is 0.667. The van der Waals surface area contributed by atoms with Crippen LogP contribution in [0.25, 0.3) is 0 Å². The van der Waals surface area contributed by atoms with E-state index in [1.54, 1.807) is 0 Å². The zero-order chi connectivity index (χ0) is 6.85. The van der Waals surface area contributed by atoms with Crippen molar-refractivity contribution in [3.63, 3.8) is 0 Å². The van der Waals surface area contributed by atoms with Gasteiger partial charge < -0.3 is 0 Å². The summed E-state index contributed by atoms with van der Waals surface area (Å²) in [5, 5.41) is 0. The molecule has 0 N–H and O–H groups in total. The molecule has 52 valence electrons. The summed E-state index contributed by atoms with van der Waals surface area (Å²) in [6, 6.07) is 0. The highest BCUT2D eigenvalue weighted by Gasteiger charge is 2.22. The van der Waals surface area contributed by atoms with E-state index >= 15 is 0 Å². The Morgan fingerprint density at radius 2 is 2.00 bits per heavy atom. The van der Waals surface area contributed by atoms with Crippen LogP contribution < -0.4 is 0 Å². The molecule has 0 heterocycles. The summed E-state index contributed by atoms with van der Waals surface area (Å²) in [5.41, 5.74) is 0. The molecule has 9 heavy (non-hydrogen) atoms. The minimum absolute atomic E-state index is 0.0618. The number of halogens is 3. The lowest BCUT2D eigenvalue weighted by molar-refractivity contribution is 0.266. The van der Waals surface area contributed by atoms with Crippen LogP contribution >= 0.6 is 0 Å². The summed E-state index contributed by atoms with van der Waals surface area (Å²) in [7, 11) is 0. The summed E-state index contributed by atoms with van der Waals surface area (Å²) in [6.45, 7) is 0. The van der Waals surface area contributed by atoms with Gasteiger partial charge in [0.1, 0.15) is 5.83 Å². The van der Waals surface area contributed by atoms with Crippen LogP contribution in [0.5, 0.6) is 0 Å². The van der Waals surface area contributed by atoms with Gasteiger partial charge in [-0.15, -0.1) is 0 Å². The van der Waals surface area contributed by atoms with E-state index in [9.17, 15) is 13.2 Å². The van der Waals surface area contributed by atoms with Gasteiger partial charge in [-0.1, -0.05) is 0 Å². The second kappa shape index (κ2) is 2.42. The smallest absolute Gasteiger partial charge is 0.165 e. The number of alkyl halides is 1. The zero-order valence-electron chi connectivity index (χ0n) is 4.83. The van der Waals surface area contributed by atoms with E-state index in [1.165, 1.54) is 0 Å². The van der Waals surface area contributed by atoms with Crippen LogP contribution in [0.15, 0.2) is 11.7 Å². The van der Waals surface area contributed by atoms with Crippen molar-refractivity contribution in [2.24, 2.45) is 0 Å². The summed E-state index contributed by atoms with van der Waals surface area (Å²) >= 11 is 0. The van der Waals surface area contributed by atoms with Crippen molar-refractivity contribution in [1.82, 2.24) is 0 Å². The lowest BCUT2D eigenvalue weighted by Crippen LogP contribution is -2.07. The van der Waals surface area contributed by atoms with Gasteiger partial charge in [-0.2, -0.15) is 0 Å². The largest absolute Gasteiger partial charge is 0.240 e. The van der Waals surface area contributed by atoms with Crippen molar-refractivity contribution in [3.05, 3.63) is 11.7 Å². The van der Waals surface area contributed by atoms with Crippen molar-refractivity contribution in [1.29, 1.82) is 0 Å². The van der Waals surface area contributed by atoms with Gasteiger partial charge in [0.05, 0.1) is 0 Å². The molecule has 1 aliphatic carbocycles. The molecule has 1 atom stereocenters. The normalized spacial score (nSPS) is 29.0. The minimum atomic E-state index is -1.68. The lowest BCUT2D eigenvalue weighted by atomic mass is 10.0. The van der Waals surface area contributed by atoms with E-state index in [4.69, 9.17) is 0 Å². The molecule has 0 bridgehead atoms. The van der Waals surface area contributed by atoms with Crippen molar-refractivity contribution >= 4 is 0 Å². The molecule has 0 saturated heterocycles. The predicted octanol–water partition coefficient (Wildman–Crippen LogP) is 2.66. The molecular weight excluding hydrogens is 129 g/mol. The highest BCUT2D eigenvalue weighted by Crippen LogP contribution is 2.28. The van der Waals surface area contributed by atoms with Gasteiger partial charge in [0.2, 0.25) is 0 Å². The van der Waals surface area contributed by atoms with E-state index in [1.807, 2.05) is 0 Å². The van der Waals surface area contributed by atoms with Gasteiger partial charge in [-0.25, -0.2) is 13.2 Å². The van der Waals surface area contributed by atoms with E-state index in [2.05, 4.69) is 0 Å². The Hall–Kier alpha value is -0.470. The Morgan fingerprint density at radius 1 is 1.33 bits per heavy atom. The van der Waals surface area contributed by atoms with Crippen LogP contribution in [0.4, 0.5) is 13.2 Å². The maximum Gasteiger partial charge on any atom is 0.165 e. The molecule has 0 nitrogen and oxygen atoms in total. The van der Waals surface area contributed by atoms with Crippen LogP contribution in [0, 0.1) is 0 Å². The standard InChI is InChI=1S/C6H7F3/c7-4-2-1-3-5(8)6(4)9/h4H,1-3H2. The monoisotopic (exact) mass is 136 g/mol. The number of allylic oxidation sites excluding steroid dienone is 2. The maximum absolute atomic E-state index is 12.2. The quantitative estimate of drug-likeness (QED) is 0.480. The molecule has 3 heteroatoms. The van der Waals surface area contributed by atoms with E-state index in [-0.39, 0.29) is 12.8 Å². The predicted molar refractivity (Wildman–Crippen MR) is 28.0 cm³/mol. The first-order valence-corrected chi connectivity index (χ1v) is 2.90. The molecule has 0 fully saturated rings. The molecule has 0 saturated carbocycles. The average Bonchev–Trinajstić information content (AvgIpc) is 1.83. The van der Waals surface area contributed by atoms with E-state index < -0.39 is 17.8 Å². The molecule has 0 radical (unpaired) electrons. The summed E-state index contributed by atoms with van der Waals surface area (Å²) < 4.78 is 36.3. The second-order valence-corrected chi connectivity index (χ2v) is 2.11. The summed E-state index contributed by atoms with van der Waals surface area (Å²) in [6.07, 6.45) is -1.08. The number of rotatable bonds is 0. The summed E-state index contributed by atoms with van der Waals surface area (Å²) in [4.78, 5) is 0. The molecular formula is C6H7F3. The lowest BCUT2D eigenvalue weighted by Gasteiger charge is -2.11. The third kappa shape index (κ3) is 1.26. The third-order valence-corrected chi connectivity index (χ3v) is 1.39. The van der Waals surface area contributed by atoms with Crippen LogP contribution in [0.3, 0.4) is 0 Å². The molecule has 0 aliphatic heterocycles.